The number of allylic oxidation sites excluding steroid dienone is 8. The average molecular weight is 1450 g/mol. The third-order valence-electron chi connectivity index (χ3n) is 14.2. The van der Waals surface area contributed by atoms with Gasteiger partial charge in [-0.15, -0.1) is 34.0 Å². The molecule has 24 heteroatoms. The molecule has 12 rings (SSSR count). The standard InChI is InChI=1S/2C7H9NO2.2C7H11N.4C6H9NO.4C6H9NS/c2*8-4-5-1-2-6(3-5)7(9)10;1-6-2-3-7(4-6)5-8;1-6-3-2-4-7(6)5-8;1-5-3-8-4-6(5)2-7;1-5-2-6(3-7)4-8-5;1-5-2-6(3-7)8-4-5;1-5-2-3-6(4-7)8-5;1-5-3-8-4-6(5)2-7;1-5-2-6(3-7)4-8-5;1-5-2-6(3-7)8-4-5;1-5-2-3-6(4-7)8-5/h1,3H,2,4,8H2,(H,9,10);1-2H,3-4,8H2,(H,9,10);2,4H,3,5,8H2,1H3;3-4H,2,5,8H2,1H3;3-4H,2,7H2,1H3;2*2,4H,3,7H2,1H3;2-3H,4,7H2,1H3;3-4H,2,7H2,1H3;2*2,4H,3,7H2,1H3;2-3H,4,7H2,1H3. The Balaban J connectivity index is 0.000000546. The minimum atomic E-state index is -0.847. The molecule has 0 atom stereocenters. The second kappa shape index (κ2) is 53.2. The highest BCUT2D eigenvalue weighted by Crippen LogP contribution is 2.20. The van der Waals surface area contributed by atoms with Crippen molar-refractivity contribution in [1.82, 2.24) is 0 Å². The van der Waals surface area contributed by atoms with Crippen LogP contribution >= 0.6 is 45.3 Å². The molecule has 8 aromatic heterocycles. The molecule has 26 N–H and O–H groups in total. The lowest BCUT2D eigenvalue weighted by atomic mass is 10.1. The molecule has 8 aromatic rings. The molecule has 4 aliphatic carbocycles. The van der Waals surface area contributed by atoms with Crippen LogP contribution in [0.25, 0.3) is 0 Å². The maximum atomic E-state index is 10.3. The van der Waals surface area contributed by atoms with E-state index in [1.165, 1.54) is 64.1 Å². The average Bonchev–Trinajstić information content (AvgIpc) is 1.83. The largest absolute Gasteiger partial charge is 0.478 e. The van der Waals surface area contributed by atoms with Crippen molar-refractivity contribution >= 4 is 57.3 Å². The smallest absolute Gasteiger partial charge is 0.331 e. The highest BCUT2D eigenvalue weighted by atomic mass is 32.1. The molecule has 0 amide bonds. The number of aryl methyl sites for hydroxylation is 8. The summed E-state index contributed by atoms with van der Waals surface area (Å²) in [5.74, 6) is 1.85. The van der Waals surface area contributed by atoms with Crippen molar-refractivity contribution in [3.63, 3.8) is 0 Å². The minimum Gasteiger partial charge on any atom is -0.478 e. The number of carboxylic acids is 2. The van der Waals surface area contributed by atoms with E-state index in [4.69, 9.17) is 96.7 Å². The van der Waals surface area contributed by atoms with Crippen LogP contribution in [0.2, 0.25) is 0 Å². The van der Waals surface area contributed by atoms with Gasteiger partial charge in [-0.3, -0.25) is 0 Å². The van der Waals surface area contributed by atoms with E-state index in [0.29, 0.717) is 103 Å². The van der Waals surface area contributed by atoms with Crippen molar-refractivity contribution in [3.05, 3.63) is 275 Å². The van der Waals surface area contributed by atoms with Gasteiger partial charge in [0, 0.05) is 114 Å². The number of aliphatic carboxylic acids is 2. The number of hydrogen-bond donors (Lipinski definition) is 14. The van der Waals surface area contributed by atoms with Crippen molar-refractivity contribution in [2.45, 2.75) is 147 Å². The molecule has 0 bridgehead atoms. The van der Waals surface area contributed by atoms with Gasteiger partial charge in [0.2, 0.25) is 0 Å². The highest BCUT2D eigenvalue weighted by molar-refractivity contribution is 7.12. The van der Waals surface area contributed by atoms with Gasteiger partial charge in [-0.05, 0) is 209 Å². The van der Waals surface area contributed by atoms with Gasteiger partial charge in [-0.25, -0.2) is 9.59 Å². The van der Waals surface area contributed by atoms with Gasteiger partial charge < -0.3 is 96.7 Å². The number of nitrogens with two attached hydrogens (primary N) is 12. The molecular formula is C76H112N12O8S4. The molecule has 0 unspecified atom stereocenters. The van der Waals surface area contributed by atoms with E-state index in [1.807, 2.05) is 58.0 Å². The first-order chi connectivity index (χ1) is 47.8. The van der Waals surface area contributed by atoms with E-state index in [1.54, 1.807) is 88.6 Å². The molecule has 0 spiro atoms. The summed E-state index contributed by atoms with van der Waals surface area (Å²) in [5, 5.41) is 25.4. The number of rotatable bonds is 14. The number of hydrogen-bond acceptors (Lipinski definition) is 22. The third kappa shape index (κ3) is 39.3. The van der Waals surface area contributed by atoms with Crippen LogP contribution in [0.15, 0.2) is 206 Å². The molecular weight excluding hydrogens is 1340 g/mol. The number of carboxylic acid groups (broad SMARTS) is 2. The number of carbonyl (C=O) groups is 2. The van der Waals surface area contributed by atoms with Crippen molar-refractivity contribution in [3.8, 4) is 0 Å². The molecule has 548 valence electrons. The maximum Gasteiger partial charge on any atom is 0.331 e. The Morgan fingerprint density at radius 1 is 0.470 bits per heavy atom. The molecule has 0 fully saturated rings. The predicted octanol–water partition coefficient (Wildman–Crippen LogP) is 13.3. The number of furan rings is 4. The van der Waals surface area contributed by atoms with Gasteiger partial charge in [0.1, 0.15) is 23.0 Å². The molecule has 0 aromatic carbocycles. The zero-order chi connectivity index (χ0) is 75.0. The van der Waals surface area contributed by atoms with Gasteiger partial charge in [-0.2, -0.15) is 11.3 Å². The first-order valence-corrected chi connectivity index (χ1v) is 36.0. The summed E-state index contributed by atoms with van der Waals surface area (Å²) >= 11 is 6.95. The van der Waals surface area contributed by atoms with E-state index >= 15 is 0 Å². The lowest BCUT2D eigenvalue weighted by Gasteiger charge is -1.95. The van der Waals surface area contributed by atoms with E-state index in [9.17, 15) is 9.59 Å². The second-order valence-electron chi connectivity index (χ2n) is 22.7. The molecule has 8 heterocycles. The molecule has 0 radical (unpaired) electrons. The summed E-state index contributed by atoms with van der Waals surface area (Å²) in [6.07, 6.45) is 25.5. The monoisotopic (exact) mass is 1450 g/mol. The topological polar surface area (TPSA) is 439 Å². The molecule has 100 heavy (non-hydrogen) atoms. The first-order valence-electron chi connectivity index (χ1n) is 32.5. The summed E-state index contributed by atoms with van der Waals surface area (Å²) in [6, 6.07) is 16.0. The van der Waals surface area contributed by atoms with Gasteiger partial charge in [-0.1, -0.05) is 64.8 Å². The fourth-order valence-electron chi connectivity index (χ4n) is 8.32. The van der Waals surface area contributed by atoms with Crippen molar-refractivity contribution in [1.29, 1.82) is 0 Å². The fraction of sp³-hybridized carbons (Fsp3) is 0.342. The number of thiophene rings is 4. The SMILES string of the molecule is CC1=CCC(CN)=C1.CC1=CCC=C1CN.Cc1cc(CN)co1.Cc1cc(CN)cs1.Cc1ccc(CN)o1.Cc1ccc(CN)s1.Cc1coc(CN)c1.Cc1cocc1CN.Cc1csc(CN)c1.Cc1cscc1CN.NCC1=CC=C(C(=O)O)C1.NCC1=CCC(C(=O)O)=C1. The lowest BCUT2D eigenvalue weighted by Crippen LogP contribution is -2.04. The quantitative estimate of drug-likeness (QED) is 0.0481. The Hall–Kier alpha value is -7.70. The summed E-state index contributed by atoms with van der Waals surface area (Å²) in [5.41, 5.74) is 81.8. The minimum absolute atomic E-state index is 0.427. The maximum absolute atomic E-state index is 10.3. The third-order valence-corrected chi connectivity index (χ3v) is 18.1. The molecule has 4 aliphatic rings. The summed E-state index contributed by atoms with van der Waals surface area (Å²) in [4.78, 5) is 25.9. The Morgan fingerprint density at radius 3 is 1.41 bits per heavy atom. The van der Waals surface area contributed by atoms with Gasteiger partial charge >= 0.3 is 11.9 Å². The molecule has 0 saturated heterocycles. The Bertz CT molecular complexity index is 3480. The normalized spacial score (nSPS) is 12.5. The van der Waals surface area contributed by atoms with E-state index in [2.05, 4.69) is 112 Å². The first kappa shape index (κ1) is 90.3. The van der Waals surface area contributed by atoms with Crippen LogP contribution in [0.4, 0.5) is 0 Å². The molecule has 0 saturated carbocycles. The summed E-state index contributed by atoms with van der Waals surface area (Å²) in [6.45, 7) is 27.4. The second-order valence-corrected chi connectivity index (χ2v) is 26.9. The van der Waals surface area contributed by atoms with Gasteiger partial charge in [0.25, 0.3) is 0 Å². The van der Waals surface area contributed by atoms with Crippen molar-refractivity contribution in [2.75, 3.05) is 26.2 Å². The summed E-state index contributed by atoms with van der Waals surface area (Å²) < 4.78 is 19.9. The van der Waals surface area contributed by atoms with E-state index in [-0.39, 0.29) is 0 Å². The summed E-state index contributed by atoms with van der Waals surface area (Å²) in [7, 11) is 0. The van der Waals surface area contributed by atoms with Crippen LogP contribution in [0.5, 0.6) is 0 Å². The zero-order valence-electron chi connectivity index (χ0n) is 60.1. The Morgan fingerprint density at radius 2 is 1.15 bits per heavy atom. The van der Waals surface area contributed by atoms with Crippen LogP contribution in [0.3, 0.4) is 0 Å². The van der Waals surface area contributed by atoms with Gasteiger partial charge in [0.05, 0.1) is 38.1 Å². The van der Waals surface area contributed by atoms with E-state index < -0.39 is 11.9 Å². The van der Waals surface area contributed by atoms with Crippen LogP contribution in [-0.2, 0) is 61.9 Å². The van der Waals surface area contributed by atoms with Crippen LogP contribution in [0.1, 0.15) is 127 Å². The predicted molar refractivity (Wildman–Crippen MR) is 419 cm³/mol. The van der Waals surface area contributed by atoms with Crippen molar-refractivity contribution < 1.29 is 37.5 Å². The Labute approximate surface area is 608 Å². The highest BCUT2D eigenvalue weighted by Gasteiger charge is 2.13. The zero-order valence-corrected chi connectivity index (χ0v) is 63.3. The Kier molecular flexibility index (Phi) is 48.0. The lowest BCUT2D eigenvalue weighted by molar-refractivity contribution is -0.133. The van der Waals surface area contributed by atoms with Crippen LogP contribution in [-0.4, -0.2) is 48.3 Å². The molecule has 0 aliphatic heterocycles. The van der Waals surface area contributed by atoms with Crippen molar-refractivity contribution in [2.24, 2.45) is 68.8 Å². The fourth-order valence-corrected chi connectivity index (χ4v) is 11.4. The van der Waals surface area contributed by atoms with Crippen LogP contribution < -0.4 is 68.8 Å². The molecule has 20 nitrogen and oxygen atoms in total. The van der Waals surface area contributed by atoms with E-state index in [0.717, 1.165) is 69.3 Å². The van der Waals surface area contributed by atoms with Gasteiger partial charge in [0.15, 0.2) is 0 Å². The van der Waals surface area contributed by atoms with Crippen LogP contribution in [0, 0.1) is 55.4 Å².